The molecule has 2 aliphatic rings. The number of rotatable bonds is 3. The first-order valence-corrected chi connectivity index (χ1v) is 9.45. The highest BCUT2D eigenvalue weighted by molar-refractivity contribution is 8.17. The molecular weight excluding hydrogens is 294 g/mol. The fourth-order valence-electron chi connectivity index (χ4n) is 3.13. The van der Waals surface area contributed by atoms with Gasteiger partial charge in [0.15, 0.2) is 0 Å². The molecule has 104 valence electrons. The lowest BCUT2D eigenvalue weighted by Crippen LogP contribution is -2.55. The van der Waals surface area contributed by atoms with E-state index in [0.717, 1.165) is 5.02 Å². The zero-order chi connectivity index (χ0) is 13.3. The van der Waals surface area contributed by atoms with Crippen molar-refractivity contribution in [3.8, 4) is 0 Å². The van der Waals surface area contributed by atoms with Crippen LogP contribution in [-0.4, -0.2) is 22.1 Å². The van der Waals surface area contributed by atoms with E-state index in [1.807, 2.05) is 12.1 Å². The molecule has 1 nitrogen and oxygen atoms in total. The van der Waals surface area contributed by atoms with Crippen LogP contribution in [0.2, 0.25) is 5.02 Å². The van der Waals surface area contributed by atoms with Crippen LogP contribution in [0, 0.1) is 0 Å². The molecule has 1 aromatic rings. The van der Waals surface area contributed by atoms with Gasteiger partial charge in [-0.15, -0.1) is 23.5 Å². The van der Waals surface area contributed by atoms with E-state index in [2.05, 4.69) is 35.7 Å². The Kier molecular flexibility index (Phi) is 4.37. The topological polar surface area (TPSA) is 26.0 Å². The van der Waals surface area contributed by atoms with Gasteiger partial charge in [-0.05, 0) is 48.5 Å². The zero-order valence-corrected chi connectivity index (χ0v) is 13.4. The quantitative estimate of drug-likeness (QED) is 0.901. The molecule has 1 aliphatic heterocycles. The number of benzene rings is 1. The van der Waals surface area contributed by atoms with Crippen molar-refractivity contribution in [2.45, 2.75) is 41.7 Å². The van der Waals surface area contributed by atoms with Crippen LogP contribution in [0.5, 0.6) is 0 Å². The lowest BCUT2D eigenvalue weighted by molar-refractivity contribution is 0.203. The predicted octanol–water partition coefficient (Wildman–Crippen LogP) is 4.29. The molecule has 1 saturated carbocycles. The summed E-state index contributed by atoms with van der Waals surface area (Å²) in [5, 5.41) is 0.813. The lowest BCUT2D eigenvalue weighted by Gasteiger charge is -2.49. The van der Waals surface area contributed by atoms with Gasteiger partial charge < -0.3 is 5.73 Å². The fourth-order valence-corrected chi connectivity index (χ4v) is 6.42. The molecule has 19 heavy (non-hydrogen) atoms. The highest BCUT2D eigenvalue weighted by Gasteiger charge is 2.47. The van der Waals surface area contributed by atoms with Crippen molar-refractivity contribution in [3.63, 3.8) is 0 Å². The molecule has 0 spiro atoms. The Morgan fingerprint density at radius 1 is 1.11 bits per heavy atom. The molecule has 2 N–H and O–H groups in total. The van der Waals surface area contributed by atoms with Gasteiger partial charge >= 0.3 is 0 Å². The molecule has 0 bridgehead atoms. The monoisotopic (exact) mass is 313 g/mol. The van der Waals surface area contributed by atoms with Gasteiger partial charge in [0.05, 0.1) is 4.58 Å². The third-order valence-corrected chi connectivity index (χ3v) is 7.81. The second-order valence-electron chi connectivity index (χ2n) is 5.51. The summed E-state index contributed by atoms with van der Waals surface area (Å²) in [4.78, 5) is 0. The Labute approximate surface area is 129 Å². The summed E-state index contributed by atoms with van der Waals surface area (Å²) in [5.74, 6) is 2.53. The highest BCUT2D eigenvalue weighted by atomic mass is 35.5. The number of hydrogen-bond donors (Lipinski definition) is 1. The summed E-state index contributed by atoms with van der Waals surface area (Å²) in [5.41, 5.74) is 8.28. The van der Waals surface area contributed by atoms with E-state index < -0.39 is 0 Å². The molecular formula is C15H20ClNS2. The van der Waals surface area contributed by atoms with Crippen molar-refractivity contribution in [1.29, 1.82) is 0 Å². The first kappa shape index (κ1) is 14.1. The minimum absolute atomic E-state index is 0.201. The molecule has 4 heteroatoms. The van der Waals surface area contributed by atoms with E-state index in [-0.39, 0.29) is 11.5 Å². The number of thioether (sulfide) groups is 2. The largest absolute Gasteiger partial charge is 0.325 e. The van der Waals surface area contributed by atoms with E-state index >= 15 is 0 Å². The van der Waals surface area contributed by atoms with Crippen LogP contribution in [0.3, 0.4) is 0 Å². The van der Waals surface area contributed by atoms with Gasteiger partial charge in [-0.25, -0.2) is 0 Å². The number of nitrogens with two attached hydrogens (primary N) is 1. The Bertz CT molecular complexity index is 424. The molecule has 0 radical (unpaired) electrons. The Morgan fingerprint density at radius 2 is 1.74 bits per heavy atom. The van der Waals surface area contributed by atoms with Crippen molar-refractivity contribution < 1.29 is 0 Å². The third kappa shape index (κ3) is 2.67. The maximum absolute atomic E-state index is 6.68. The van der Waals surface area contributed by atoms with Crippen molar-refractivity contribution in [1.82, 2.24) is 0 Å². The summed E-state index contributed by atoms with van der Waals surface area (Å²) in [7, 11) is 0. The molecule has 0 amide bonds. The van der Waals surface area contributed by atoms with E-state index in [9.17, 15) is 0 Å². The minimum atomic E-state index is 0.201. The van der Waals surface area contributed by atoms with Crippen LogP contribution in [0.25, 0.3) is 0 Å². The Morgan fingerprint density at radius 3 is 2.26 bits per heavy atom. The first-order valence-electron chi connectivity index (χ1n) is 6.97. The van der Waals surface area contributed by atoms with Crippen LogP contribution < -0.4 is 5.73 Å². The molecule has 1 saturated heterocycles. The summed E-state index contributed by atoms with van der Waals surface area (Å²) >= 11 is 10.1. The van der Waals surface area contributed by atoms with Gasteiger partial charge in [0.2, 0.25) is 0 Å². The van der Waals surface area contributed by atoms with Crippen LogP contribution >= 0.6 is 35.1 Å². The van der Waals surface area contributed by atoms with Crippen LogP contribution in [0.1, 0.15) is 31.2 Å². The SMILES string of the molecule is NC(C1SCCCS1)C1(c2ccc(Cl)cc2)CCC1. The molecule has 3 rings (SSSR count). The van der Waals surface area contributed by atoms with Gasteiger partial charge in [-0.3, -0.25) is 0 Å². The average Bonchev–Trinajstić information content (AvgIpc) is 2.40. The highest BCUT2D eigenvalue weighted by Crippen LogP contribution is 2.50. The van der Waals surface area contributed by atoms with Gasteiger partial charge in [0, 0.05) is 16.5 Å². The summed E-state index contributed by atoms with van der Waals surface area (Å²) in [6.45, 7) is 0. The molecule has 1 atom stereocenters. The molecule has 2 fully saturated rings. The molecule has 1 aliphatic carbocycles. The van der Waals surface area contributed by atoms with Gasteiger partial charge in [-0.2, -0.15) is 0 Å². The minimum Gasteiger partial charge on any atom is -0.325 e. The average molecular weight is 314 g/mol. The summed E-state index contributed by atoms with van der Waals surface area (Å²) < 4.78 is 0.560. The molecule has 1 heterocycles. The van der Waals surface area contributed by atoms with Crippen molar-refractivity contribution >= 4 is 35.1 Å². The van der Waals surface area contributed by atoms with Crippen molar-refractivity contribution in [2.75, 3.05) is 11.5 Å². The Hall–Kier alpha value is 0.170. The van der Waals surface area contributed by atoms with Gasteiger partial charge in [0.1, 0.15) is 0 Å². The van der Waals surface area contributed by atoms with E-state index in [1.54, 1.807) is 0 Å². The predicted molar refractivity (Wildman–Crippen MR) is 88.3 cm³/mol. The van der Waals surface area contributed by atoms with E-state index in [0.29, 0.717) is 4.58 Å². The first-order chi connectivity index (χ1) is 9.22. The normalized spacial score (nSPS) is 24.7. The number of halogens is 1. The molecule has 1 unspecified atom stereocenters. The Balaban J connectivity index is 1.83. The third-order valence-electron chi connectivity index (χ3n) is 4.45. The van der Waals surface area contributed by atoms with Crippen LogP contribution in [0.15, 0.2) is 24.3 Å². The number of hydrogen-bond acceptors (Lipinski definition) is 3. The van der Waals surface area contributed by atoms with E-state index in [4.69, 9.17) is 17.3 Å². The van der Waals surface area contributed by atoms with Gasteiger partial charge in [0.25, 0.3) is 0 Å². The van der Waals surface area contributed by atoms with Crippen molar-refractivity contribution in [3.05, 3.63) is 34.9 Å². The molecule has 0 aromatic heterocycles. The van der Waals surface area contributed by atoms with E-state index in [1.165, 1.54) is 42.8 Å². The van der Waals surface area contributed by atoms with Gasteiger partial charge in [-0.1, -0.05) is 30.2 Å². The zero-order valence-electron chi connectivity index (χ0n) is 11.0. The summed E-state index contributed by atoms with van der Waals surface area (Å²) in [6.07, 6.45) is 5.09. The van der Waals surface area contributed by atoms with Crippen LogP contribution in [-0.2, 0) is 5.41 Å². The molecule has 1 aromatic carbocycles. The standard InChI is InChI=1S/C15H20ClNS2/c16-12-5-3-11(4-6-12)15(7-1-8-15)13(17)14-18-9-2-10-19-14/h3-6,13-14H,1-2,7-10,17H2. The lowest BCUT2D eigenvalue weighted by atomic mass is 9.60. The summed E-state index contributed by atoms with van der Waals surface area (Å²) in [6, 6.07) is 8.63. The van der Waals surface area contributed by atoms with Crippen molar-refractivity contribution in [2.24, 2.45) is 5.73 Å². The maximum atomic E-state index is 6.68. The second kappa shape index (κ2) is 5.88. The second-order valence-corrected chi connectivity index (χ2v) is 8.74. The smallest absolute Gasteiger partial charge is 0.0661 e. The maximum Gasteiger partial charge on any atom is 0.0661 e. The fraction of sp³-hybridized carbons (Fsp3) is 0.600. The van der Waals surface area contributed by atoms with Crippen LogP contribution in [0.4, 0.5) is 0 Å².